The second-order valence-corrected chi connectivity index (χ2v) is 3.10. The Kier molecular flexibility index (Phi) is 3.03. The Labute approximate surface area is 73.4 Å². The molecule has 12 heavy (non-hydrogen) atoms. The van der Waals surface area contributed by atoms with Crippen molar-refractivity contribution in [3.8, 4) is 0 Å². The first-order valence-electron chi connectivity index (χ1n) is 4.11. The zero-order chi connectivity index (χ0) is 8.97. The lowest BCUT2D eigenvalue weighted by atomic mass is 10.0. The van der Waals surface area contributed by atoms with Crippen LogP contribution in [0.2, 0.25) is 0 Å². The maximum absolute atomic E-state index is 11.4. The number of Topliss-reactive ketones (excluding diaryl/α,β-unsaturated/α-hetero) is 1. The molecule has 0 amide bonds. The minimum Gasteiger partial charge on any atom is -0.294 e. The summed E-state index contributed by atoms with van der Waals surface area (Å²) in [6.45, 7) is 5.73. The molecule has 0 N–H and O–H groups in total. The lowest BCUT2D eigenvalue weighted by molar-refractivity contribution is 0.0971. The van der Waals surface area contributed by atoms with Crippen LogP contribution in [-0.4, -0.2) is 5.78 Å². The molecule has 0 aliphatic rings. The molecule has 1 aromatic rings. The highest BCUT2D eigenvalue weighted by molar-refractivity contribution is 5.96. The van der Waals surface area contributed by atoms with Crippen LogP contribution in [-0.2, 0) is 0 Å². The summed E-state index contributed by atoms with van der Waals surface area (Å²) in [7, 11) is 0. The molecule has 0 saturated heterocycles. The van der Waals surface area contributed by atoms with Gasteiger partial charge in [-0.25, -0.2) is 0 Å². The van der Waals surface area contributed by atoms with Gasteiger partial charge in [0.1, 0.15) is 0 Å². The fourth-order valence-corrected chi connectivity index (χ4v) is 1.06. The van der Waals surface area contributed by atoms with Crippen LogP contribution in [0.1, 0.15) is 23.7 Å². The van der Waals surface area contributed by atoms with Gasteiger partial charge in [-0.15, -0.1) is 0 Å². The highest BCUT2D eigenvalue weighted by Crippen LogP contribution is 2.07. The van der Waals surface area contributed by atoms with Crippen LogP contribution in [0.5, 0.6) is 0 Å². The summed E-state index contributed by atoms with van der Waals surface area (Å²) in [6.07, 6.45) is 0.532. The molecule has 1 rings (SSSR count). The maximum atomic E-state index is 11.4. The van der Waals surface area contributed by atoms with Crippen molar-refractivity contribution < 1.29 is 4.79 Å². The van der Waals surface area contributed by atoms with Gasteiger partial charge in [0.15, 0.2) is 5.78 Å². The molecule has 0 saturated carbocycles. The molecule has 0 bridgehead atoms. The second-order valence-electron chi connectivity index (χ2n) is 3.10. The van der Waals surface area contributed by atoms with Crippen molar-refractivity contribution in [2.24, 2.45) is 5.92 Å². The van der Waals surface area contributed by atoms with Crippen molar-refractivity contribution in [3.05, 3.63) is 42.8 Å². The van der Waals surface area contributed by atoms with E-state index in [4.69, 9.17) is 0 Å². The van der Waals surface area contributed by atoms with Crippen molar-refractivity contribution in [3.63, 3.8) is 0 Å². The topological polar surface area (TPSA) is 17.1 Å². The summed E-state index contributed by atoms with van der Waals surface area (Å²) in [4.78, 5) is 11.4. The summed E-state index contributed by atoms with van der Waals surface area (Å²) >= 11 is 0. The largest absolute Gasteiger partial charge is 0.294 e. The monoisotopic (exact) mass is 161 g/mol. The van der Waals surface area contributed by atoms with Crippen LogP contribution < -0.4 is 0 Å². The van der Waals surface area contributed by atoms with Crippen molar-refractivity contribution in [1.29, 1.82) is 0 Å². The molecule has 1 unspecified atom stereocenters. The maximum Gasteiger partial charge on any atom is 0.163 e. The van der Waals surface area contributed by atoms with E-state index in [0.29, 0.717) is 6.42 Å². The summed E-state index contributed by atoms with van der Waals surface area (Å²) < 4.78 is 0. The van der Waals surface area contributed by atoms with Crippen molar-refractivity contribution in [2.45, 2.75) is 13.3 Å². The number of hydrogen-bond donors (Lipinski definition) is 0. The number of hydrogen-bond acceptors (Lipinski definition) is 1. The first kappa shape index (κ1) is 8.98. The molecule has 0 aliphatic carbocycles. The van der Waals surface area contributed by atoms with Crippen LogP contribution in [0, 0.1) is 12.8 Å². The average molecular weight is 161 g/mol. The zero-order valence-electron chi connectivity index (χ0n) is 7.29. The standard InChI is InChI=1S/C11H13O/c1-9(2)8-11(12)10-6-4-3-5-7-10/h3-7,9H,1,8H2,2H3. The third kappa shape index (κ3) is 2.50. The molecule has 0 heterocycles. The SMILES string of the molecule is [CH2]C(C)CC(=O)c1ccccc1. The van der Waals surface area contributed by atoms with Gasteiger partial charge in [-0.1, -0.05) is 44.2 Å². The Bertz CT molecular complexity index is 249. The molecule has 0 spiro atoms. The summed E-state index contributed by atoms with van der Waals surface area (Å²) in [5, 5.41) is 0. The minimum absolute atomic E-state index is 0.179. The van der Waals surface area contributed by atoms with Crippen LogP contribution in [0.25, 0.3) is 0 Å². The summed E-state index contributed by atoms with van der Waals surface area (Å²) in [6, 6.07) is 9.34. The van der Waals surface area contributed by atoms with Gasteiger partial charge >= 0.3 is 0 Å². The lowest BCUT2D eigenvalue weighted by Crippen LogP contribution is -2.02. The van der Waals surface area contributed by atoms with Crippen LogP contribution in [0.3, 0.4) is 0 Å². The molecule has 0 aromatic heterocycles. The highest BCUT2D eigenvalue weighted by Gasteiger charge is 2.06. The Morgan fingerprint density at radius 3 is 2.50 bits per heavy atom. The van der Waals surface area contributed by atoms with Crippen LogP contribution in [0.4, 0.5) is 0 Å². The first-order valence-corrected chi connectivity index (χ1v) is 4.11. The van der Waals surface area contributed by atoms with E-state index in [1.54, 1.807) is 0 Å². The average Bonchev–Trinajstić information content (AvgIpc) is 2.05. The summed E-state index contributed by atoms with van der Waals surface area (Å²) in [5.74, 6) is 0.371. The molecule has 1 heteroatoms. The Morgan fingerprint density at radius 2 is 2.00 bits per heavy atom. The molecular formula is C11H13O. The van der Waals surface area contributed by atoms with E-state index in [0.717, 1.165) is 5.56 Å². The third-order valence-corrected chi connectivity index (χ3v) is 1.63. The van der Waals surface area contributed by atoms with Gasteiger partial charge in [0.05, 0.1) is 0 Å². The number of ketones is 1. The fraction of sp³-hybridized carbons (Fsp3) is 0.273. The summed E-state index contributed by atoms with van der Waals surface area (Å²) in [5.41, 5.74) is 0.785. The molecule has 1 aromatic carbocycles. The molecule has 0 fully saturated rings. The fourth-order valence-electron chi connectivity index (χ4n) is 1.06. The van der Waals surface area contributed by atoms with Gasteiger partial charge in [-0.3, -0.25) is 4.79 Å². The van der Waals surface area contributed by atoms with E-state index >= 15 is 0 Å². The van der Waals surface area contributed by atoms with Crippen molar-refractivity contribution in [2.75, 3.05) is 0 Å². The molecule has 1 atom stereocenters. The van der Waals surface area contributed by atoms with Crippen molar-refractivity contribution in [1.82, 2.24) is 0 Å². The predicted molar refractivity (Wildman–Crippen MR) is 49.9 cm³/mol. The molecule has 1 nitrogen and oxygen atoms in total. The highest BCUT2D eigenvalue weighted by atomic mass is 16.1. The van der Waals surface area contributed by atoms with E-state index < -0.39 is 0 Å². The van der Waals surface area contributed by atoms with E-state index in [9.17, 15) is 4.79 Å². The predicted octanol–water partition coefficient (Wildman–Crippen LogP) is 2.73. The zero-order valence-corrected chi connectivity index (χ0v) is 7.29. The van der Waals surface area contributed by atoms with Gasteiger partial charge in [0.2, 0.25) is 0 Å². The molecule has 0 aliphatic heterocycles. The Hall–Kier alpha value is -1.11. The normalized spacial score (nSPS) is 10.2. The Morgan fingerprint density at radius 1 is 1.42 bits per heavy atom. The quantitative estimate of drug-likeness (QED) is 0.623. The van der Waals surface area contributed by atoms with Crippen LogP contribution in [0.15, 0.2) is 30.3 Å². The second kappa shape index (κ2) is 4.05. The third-order valence-electron chi connectivity index (χ3n) is 1.63. The van der Waals surface area contributed by atoms with E-state index in [-0.39, 0.29) is 11.7 Å². The number of rotatable bonds is 3. The van der Waals surface area contributed by atoms with Gasteiger partial charge in [-0.2, -0.15) is 0 Å². The van der Waals surface area contributed by atoms with Crippen LogP contribution >= 0.6 is 0 Å². The lowest BCUT2D eigenvalue weighted by Gasteiger charge is -2.02. The first-order chi connectivity index (χ1) is 5.70. The van der Waals surface area contributed by atoms with Crippen molar-refractivity contribution >= 4 is 5.78 Å². The van der Waals surface area contributed by atoms with E-state index in [2.05, 4.69) is 6.92 Å². The smallest absolute Gasteiger partial charge is 0.163 e. The Balaban J connectivity index is 2.66. The number of carbonyl (C=O) groups is 1. The molecular weight excluding hydrogens is 148 g/mol. The number of benzene rings is 1. The molecule has 63 valence electrons. The minimum atomic E-state index is 0.179. The number of carbonyl (C=O) groups excluding carboxylic acids is 1. The van der Waals surface area contributed by atoms with Gasteiger partial charge in [0, 0.05) is 12.0 Å². The van der Waals surface area contributed by atoms with Gasteiger partial charge in [-0.05, 0) is 5.92 Å². The van der Waals surface area contributed by atoms with Gasteiger partial charge < -0.3 is 0 Å². The molecule has 1 radical (unpaired) electrons. The van der Waals surface area contributed by atoms with E-state index in [1.165, 1.54) is 0 Å². The van der Waals surface area contributed by atoms with Gasteiger partial charge in [0.25, 0.3) is 0 Å². The van der Waals surface area contributed by atoms with E-state index in [1.807, 2.05) is 37.3 Å².